The Bertz CT molecular complexity index is 221. The molecule has 0 atom stereocenters. The molecule has 1 aliphatic heterocycles. The van der Waals surface area contributed by atoms with Gasteiger partial charge >= 0.3 is 0 Å². The van der Waals surface area contributed by atoms with E-state index in [0.29, 0.717) is 5.57 Å². The van der Waals surface area contributed by atoms with Crippen LogP contribution in [-0.2, 0) is 4.79 Å². The van der Waals surface area contributed by atoms with Gasteiger partial charge in [-0.05, 0) is 6.08 Å². The van der Waals surface area contributed by atoms with Crippen molar-refractivity contribution in [2.75, 3.05) is 7.05 Å². The maximum atomic E-state index is 10.6. The molecule has 0 aromatic rings. The topological polar surface area (TPSA) is 70.4 Å². The summed E-state index contributed by atoms with van der Waals surface area (Å²) in [7, 11) is 1.72. The minimum absolute atomic E-state index is 0.442. The van der Waals surface area contributed by atoms with E-state index in [4.69, 9.17) is 5.73 Å². The van der Waals surface area contributed by atoms with Crippen molar-refractivity contribution in [2.45, 2.75) is 0 Å². The molecule has 1 aliphatic rings. The molecule has 1 rings (SSSR count). The molecule has 0 saturated carbocycles. The van der Waals surface area contributed by atoms with Gasteiger partial charge in [0.05, 0.1) is 11.8 Å². The van der Waals surface area contributed by atoms with Gasteiger partial charge in [-0.15, -0.1) is 0 Å². The summed E-state index contributed by atoms with van der Waals surface area (Å²) in [5, 5.41) is 1.53. The van der Waals surface area contributed by atoms with Crippen LogP contribution in [0.4, 0.5) is 0 Å². The van der Waals surface area contributed by atoms with E-state index in [1.807, 2.05) is 0 Å². The van der Waals surface area contributed by atoms with Crippen LogP contribution in [0.5, 0.6) is 0 Å². The van der Waals surface area contributed by atoms with Crippen molar-refractivity contribution >= 4 is 5.91 Å². The van der Waals surface area contributed by atoms with Gasteiger partial charge in [0.25, 0.3) is 0 Å². The SMILES string of the molecule is CNN1C=C(C(N)=O)C=CN1. The molecule has 4 N–H and O–H groups in total. The maximum Gasteiger partial charge on any atom is 0.250 e. The van der Waals surface area contributed by atoms with Crippen LogP contribution in [0.1, 0.15) is 0 Å². The number of hydrazine groups is 2. The second-order valence-corrected chi connectivity index (χ2v) is 2.00. The highest BCUT2D eigenvalue weighted by atomic mass is 16.1. The van der Waals surface area contributed by atoms with Gasteiger partial charge in [-0.25, -0.2) is 10.5 Å². The van der Waals surface area contributed by atoms with E-state index in [0.717, 1.165) is 0 Å². The molecule has 5 nitrogen and oxygen atoms in total. The standard InChI is InChI=1S/C6H10N4O/c1-8-10-4-5(6(7)11)2-3-9-10/h2-4,8-9H,1H3,(H2,7,11). The lowest BCUT2D eigenvalue weighted by atomic mass is 10.2. The van der Waals surface area contributed by atoms with Crippen LogP contribution in [0.2, 0.25) is 0 Å². The lowest BCUT2D eigenvalue weighted by Crippen LogP contribution is -2.41. The van der Waals surface area contributed by atoms with Gasteiger partial charge in [-0.2, -0.15) is 0 Å². The van der Waals surface area contributed by atoms with Gasteiger partial charge in [0.2, 0.25) is 5.91 Å². The average molecular weight is 154 g/mol. The molecule has 0 unspecified atom stereocenters. The van der Waals surface area contributed by atoms with Gasteiger partial charge in [0, 0.05) is 13.2 Å². The van der Waals surface area contributed by atoms with E-state index in [2.05, 4.69) is 10.9 Å². The van der Waals surface area contributed by atoms with Crippen molar-refractivity contribution in [1.29, 1.82) is 0 Å². The van der Waals surface area contributed by atoms with Crippen molar-refractivity contribution in [3.05, 3.63) is 24.0 Å². The summed E-state index contributed by atoms with van der Waals surface area (Å²) in [6, 6.07) is 0. The molecule has 0 fully saturated rings. The van der Waals surface area contributed by atoms with Crippen molar-refractivity contribution in [1.82, 2.24) is 16.0 Å². The molecule has 60 valence electrons. The van der Waals surface area contributed by atoms with Crippen molar-refractivity contribution < 1.29 is 4.79 Å². The summed E-state index contributed by atoms with van der Waals surface area (Å²) in [6.07, 6.45) is 4.80. The molecular formula is C6H10N4O. The Morgan fingerprint density at radius 3 is 3.09 bits per heavy atom. The first-order valence-electron chi connectivity index (χ1n) is 3.15. The van der Waals surface area contributed by atoms with E-state index >= 15 is 0 Å². The molecule has 0 aliphatic carbocycles. The maximum absolute atomic E-state index is 10.6. The summed E-state index contributed by atoms with van der Waals surface area (Å²) in [6.45, 7) is 0. The molecule has 5 heteroatoms. The number of hydrogen-bond acceptors (Lipinski definition) is 4. The Hall–Kier alpha value is -1.49. The number of carbonyl (C=O) groups is 1. The quantitative estimate of drug-likeness (QED) is 0.468. The van der Waals surface area contributed by atoms with Crippen molar-refractivity contribution in [3.8, 4) is 0 Å². The van der Waals surface area contributed by atoms with Crippen LogP contribution >= 0.6 is 0 Å². The van der Waals surface area contributed by atoms with Crippen molar-refractivity contribution in [3.63, 3.8) is 0 Å². The normalized spacial score (nSPS) is 15.7. The number of amides is 1. The zero-order chi connectivity index (χ0) is 8.27. The number of primary amides is 1. The van der Waals surface area contributed by atoms with Gasteiger partial charge in [-0.1, -0.05) is 0 Å². The first kappa shape index (κ1) is 7.62. The molecule has 0 spiro atoms. The minimum atomic E-state index is -0.442. The molecule has 0 aromatic carbocycles. The number of hydrogen-bond donors (Lipinski definition) is 3. The highest BCUT2D eigenvalue weighted by Crippen LogP contribution is 2.00. The average Bonchev–Trinajstić information content (AvgIpc) is 2.05. The number of nitrogens with two attached hydrogens (primary N) is 1. The Labute approximate surface area is 64.5 Å². The van der Waals surface area contributed by atoms with Gasteiger partial charge in [0.15, 0.2) is 0 Å². The molecule has 0 aromatic heterocycles. The highest BCUT2D eigenvalue weighted by molar-refractivity contribution is 5.94. The Morgan fingerprint density at radius 1 is 1.82 bits per heavy atom. The summed E-state index contributed by atoms with van der Waals surface area (Å²) in [4.78, 5) is 10.6. The third-order valence-electron chi connectivity index (χ3n) is 1.27. The van der Waals surface area contributed by atoms with Crippen LogP contribution in [-0.4, -0.2) is 18.1 Å². The fourth-order valence-electron chi connectivity index (χ4n) is 0.702. The number of rotatable bonds is 2. The second-order valence-electron chi connectivity index (χ2n) is 2.00. The van der Waals surface area contributed by atoms with Gasteiger partial charge < -0.3 is 5.73 Å². The van der Waals surface area contributed by atoms with E-state index in [1.54, 1.807) is 25.5 Å². The Balaban J connectivity index is 2.71. The Kier molecular flexibility index (Phi) is 2.12. The molecule has 1 amide bonds. The molecular weight excluding hydrogens is 144 g/mol. The molecule has 0 bridgehead atoms. The highest BCUT2D eigenvalue weighted by Gasteiger charge is 2.06. The van der Waals surface area contributed by atoms with Crippen LogP contribution in [0.25, 0.3) is 0 Å². The first-order valence-corrected chi connectivity index (χ1v) is 3.15. The van der Waals surface area contributed by atoms with Gasteiger partial charge in [0.1, 0.15) is 0 Å². The third-order valence-corrected chi connectivity index (χ3v) is 1.27. The summed E-state index contributed by atoms with van der Waals surface area (Å²) >= 11 is 0. The van der Waals surface area contributed by atoms with E-state index in [-0.39, 0.29) is 0 Å². The molecule has 11 heavy (non-hydrogen) atoms. The lowest BCUT2D eigenvalue weighted by Gasteiger charge is -2.21. The number of carbonyl (C=O) groups excluding carboxylic acids is 1. The number of nitrogens with one attached hydrogen (secondary N) is 2. The fraction of sp³-hybridized carbons (Fsp3) is 0.167. The monoisotopic (exact) mass is 154 g/mol. The predicted molar refractivity (Wildman–Crippen MR) is 40.5 cm³/mol. The van der Waals surface area contributed by atoms with Gasteiger partial charge in [-0.3, -0.25) is 10.2 Å². The zero-order valence-corrected chi connectivity index (χ0v) is 6.16. The van der Waals surface area contributed by atoms with Crippen LogP contribution < -0.4 is 16.6 Å². The zero-order valence-electron chi connectivity index (χ0n) is 6.16. The van der Waals surface area contributed by atoms with Crippen LogP contribution in [0.3, 0.4) is 0 Å². The third kappa shape index (κ3) is 1.71. The summed E-state index contributed by atoms with van der Waals surface area (Å²) < 4.78 is 0. The van der Waals surface area contributed by atoms with Crippen LogP contribution in [0, 0.1) is 0 Å². The number of nitrogens with zero attached hydrogens (tertiary/aromatic N) is 1. The van der Waals surface area contributed by atoms with E-state index in [9.17, 15) is 4.79 Å². The van der Waals surface area contributed by atoms with Crippen LogP contribution in [0.15, 0.2) is 24.0 Å². The lowest BCUT2D eigenvalue weighted by molar-refractivity contribution is -0.114. The smallest absolute Gasteiger partial charge is 0.250 e. The second kappa shape index (κ2) is 3.07. The summed E-state index contributed by atoms with van der Waals surface area (Å²) in [5.74, 6) is -0.442. The largest absolute Gasteiger partial charge is 0.366 e. The van der Waals surface area contributed by atoms with Crippen molar-refractivity contribution in [2.24, 2.45) is 5.73 Å². The van der Waals surface area contributed by atoms with E-state index < -0.39 is 5.91 Å². The van der Waals surface area contributed by atoms with E-state index in [1.165, 1.54) is 5.12 Å². The molecule has 0 saturated heterocycles. The summed E-state index contributed by atoms with van der Waals surface area (Å²) in [5.41, 5.74) is 11.1. The predicted octanol–water partition coefficient (Wildman–Crippen LogP) is -1.18. The molecule has 1 heterocycles. The Morgan fingerprint density at radius 2 is 2.55 bits per heavy atom. The minimum Gasteiger partial charge on any atom is -0.366 e. The molecule has 0 radical (unpaired) electrons. The fourth-order valence-corrected chi connectivity index (χ4v) is 0.702. The first-order chi connectivity index (χ1) is 5.24.